The molecule has 3 aromatic rings. The Balaban J connectivity index is 1.69. The fourth-order valence-corrected chi connectivity index (χ4v) is 3.13. The van der Waals surface area contributed by atoms with Crippen molar-refractivity contribution in [3.8, 4) is 5.88 Å². The topological polar surface area (TPSA) is 98.3 Å². The molecule has 0 amide bonds. The van der Waals surface area contributed by atoms with Crippen LogP contribution in [0.1, 0.15) is 21.6 Å². The molecular formula is C18H19N5O3S. The Bertz CT molecular complexity index is 910. The number of ether oxygens (including phenoxy) is 2. The molecule has 3 rings (SSSR count). The highest BCUT2D eigenvalue weighted by Gasteiger charge is 2.12. The van der Waals surface area contributed by atoms with E-state index < -0.39 is 5.97 Å². The Morgan fingerprint density at radius 3 is 2.63 bits per heavy atom. The lowest BCUT2D eigenvalue weighted by Gasteiger charge is -2.10. The second-order valence-electron chi connectivity index (χ2n) is 5.57. The van der Waals surface area contributed by atoms with Gasteiger partial charge in [0.2, 0.25) is 5.88 Å². The molecule has 0 saturated heterocycles. The van der Waals surface area contributed by atoms with Gasteiger partial charge in [0.05, 0.1) is 37.4 Å². The van der Waals surface area contributed by atoms with E-state index in [9.17, 15) is 4.79 Å². The monoisotopic (exact) mass is 385 g/mol. The van der Waals surface area contributed by atoms with Crippen molar-refractivity contribution in [3.05, 3.63) is 53.5 Å². The second-order valence-corrected chi connectivity index (χ2v) is 6.34. The molecule has 3 aromatic heterocycles. The summed E-state index contributed by atoms with van der Waals surface area (Å²) >= 11 is 1.36. The van der Waals surface area contributed by atoms with Crippen LogP contribution in [0.15, 0.2) is 36.7 Å². The first kappa shape index (κ1) is 18.6. The molecular weight excluding hydrogens is 366 g/mol. The minimum absolute atomic E-state index is 0.400. The molecule has 0 aromatic carbocycles. The molecule has 0 fully saturated rings. The Morgan fingerprint density at radius 2 is 2.00 bits per heavy atom. The molecule has 0 saturated carbocycles. The van der Waals surface area contributed by atoms with Crippen LogP contribution in [0.2, 0.25) is 0 Å². The number of hydrogen-bond acceptors (Lipinski definition) is 9. The molecule has 0 aliphatic carbocycles. The van der Waals surface area contributed by atoms with Crippen molar-refractivity contribution < 1.29 is 14.3 Å². The molecule has 2 N–H and O–H groups in total. The van der Waals surface area contributed by atoms with Gasteiger partial charge in [-0.3, -0.25) is 0 Å². The summed E-state index contributed by atoms with van der Waals surface area (Å²) in [5.74, 6) is 0.775. The molecule has 140 valence electrons. The van der Waals surface area contributed by atoms with Gasteiger partial charge in [-0.15, -0.1) is 0 Å². The first-order valence-corrected chi connectivity index (χ1v) is 8.88. The number of pyridine rings is 2. The molecule has 27 heavy (non-hydrogen) atoms. The third-order valence-corrected chi connectivity index (χ3v) is 4.72. The van der Waals surface area contributed by atoms with E-state index in [1.54, 1.807) is 31.5 Å². The van der Waals surface area contributed by atoms with Crippen molar-refractivity contribution in [2.24, 2.45) is 0 Å². The van der Waals surface area contributed by atoms with E-state index >= 15 is 0 Å². The molecule has 0 unspecified atom stereocenters. The highest BCUT2D eigenvalue weighted by atomic mass is 32.1. The van der Waals surface area contributed by atoms with Gasteiger partial charge in [0.1, 0.15) is 10.8 Å². The first-order chi connectivity index (χ1) is 13.1. The normalized spacial score (nSPS) is 10.3. The van der Waals surface area contributed by atoms with E-state index in [4.69, 9.17) is 4.74 Å². The van der Waals surface area contributed by atoms with Gasteiger partial charge in [0.15, 0.2) is 0 Å². The van der Waals surface area contributed by atoms with Crippen LogP contribution in [0, 0.1) is 6.92 Å². The van der Waals surface area contributed by atoms with Crippen molar-refractivity contribution in [3.63, 3.8) is 0 Å². The molecule has 0 radical (unpaired) electrons. The molecule has 9 heteroatoms. The van der Waals surface area contributed by atoms with Crippen LogP contribution in [0.5, 0.6) is 5.88 Å². The highest BCUT2D eigenvalue weighted by Crippen LogP contribution is 2.28. The SMILES string of the molecule is COC(=O)c1ccc(Nc2snc(C)c2CNc2ccc(OC)nc2)nc1. The van der Waals surface area contributed by atoms with Gasteiger partial charge in [0.25, 0.3) is 0 Å². The average Bonchev–Trinajstić information content (AvgIpc) is 3.06. The summed E-state index contributed by atoms with van der Waals surface area (Å²) in [4.78, 5) is 19.9. The number of esters is 1. The standard InChI is InChI=1S/C18H19N5O3S/c1-11-14(10-19-13-5-7-16(25-2)21-9-13)17(27-23-11)22-15-6-4-12(8-20-15)18(24)26-3/h4-9,19H,10H2,1-3H3,(H,20,22). The minimum atomic E-state index is -0.416. The largest absolute Gasteiger partial charge is 0.481 e. The number of nitrogens with one attached hydrogen (secondary N) is 2. The minimum Gasteiger partial charge on any atom is -0.481 e. The van der Waals surface area contributed by atoms with Gasteiger partial charge >= 0.3 is 5.97 Å². The number of anilines is 3. The van der Waals surface area contributed by atoms with Gasteiger partial charge in [-0.25, -0.2) is 14.8 Å². The van der Waals surface area contributed by atoms with Gasteiger partial charge in [-0.05, 0) is 36.7 Å². The van der Waals surface area contributed by atoms with Crippen molar-refractivity contribution >= 4 is 34.0 Å². The van der Waals surface area contributed by atoms with Gasteiger partial charge in [-0.1, -0.05) is 0 Å². The predicted molar refractivity (Wildman–Crippen MR) is 104 cm³/mol. The van der Waals surface area contributed by atoms with Crippen molar-refractivity contribution in [2.75, 3.05) is 24.9 Å². The lowest BCUT2D eigenvalue weighted by molar-refractivity contribution is 0.0600. The summed E-state index contributed by atoms with van der Waals surface area (Å²) in [6.07, 6.45) is 3.19. The van der Waals surface area contributed by atoms with Crippen molar-refractivity contribution in [1.82, 2.24) is 14.3 Å². The maximum Gasteiger partial charge on any atom is 0.339 e. The van der Waals surface area contributed by atoms with E-state index in [0.717, 1.165) is 21.9 Å². The Hall–Kier alpha value is -3.20. The first-order valence-electron chi connectivity index (χ1n) is 8.11. The van der Waals surface area contributed by atoms with Crippen LogP contribution in [-0.2, 0) is 11.3 Å². The van der Waals surface area contributed by atoms with Crippen LogP contribution in [0.3, 0.4) is 0 Å². The number of aromatic nitrogens is 3. The molecule has 0 aliphatic rings. The van der Waals surface area contributed by atoms with Crippen molar-refractivity contribution in [2.45, 2.75) is 13.5 Å². The third-order valence-electron chi connectivity index (χ3n) is 3.83. The number of rotatable bonds is 7. The molecule has 0 bridgehead atoms. The van der Waals surface area contributed by atoms with E-state index in [0.29, 0.717) is 23.8 Å². The maximum atomic E-state index is 11.5. The summed E-state index contributed by atoms with van der Waals surface area (Å²) in [6.45, 7) is 2.54. The Morgan fingerprint density at radius 1 is 1.15 bits per heavy atom. The van der Waals surface area contributed by atoms with Crippen LogP contribution in [0.4, 0.5) is 16.5 Å². The zero-order chi connectivity index (χ0) is 19.2. The summed E-state index contributed by atoms with van der Waals surface area (Å²) in [5, 5.41) is 7.46. The van der Waals surface area contributed by atoms with Gasteiger partial charge in [0, 0.05) is 24.4 Å². The van der Waals surface area contributed by atoms with Crippen LogP contribution >= 0.6 is 11.5 Å². The quantitative estimate of drug-likeness (QED) is 0.597. The van der Waals surface area contributed by atoms with Crippen LogP contribution in [0.25, 0.3) is 0 Å². The number of methoxy groups -OCH3 is 2. The zero-order valence-electron chi connectivity index (χ0n) is 15.1. The number of nitrogens with zero attached hydrogens (tertiary/aromatic N) is 3. The molecule has 8 nitrogen and oxygen atoms in total. The predicted octanol–water partition coefficient (Wildman–Crippen LogP) is 3.39. The number of carbonyl (C=O) groups excluding carboxylic acids is 1. The number of carbonyl (C=O) groups is 1. The van der Waals surface area contributed by atoms with Crippen LogP contribution < -0.4 is 15.4 Å². The molecule has 0 atom stereocenters. The summed E-state index contributed by atoms with van der Waals surface area (Å²) in [7, 11) is 2.92. The fourth-order valence-electron chi connectivity index (χ4n) is 2.31. The van der Waals surface area contributed by atoms with E-state index in [2.05, 4.69) is 29.7 Å². The average molecular weight is 385 g/mol. The lowest BCUT2D eigenvalue weighted by Crippen LogP contribution is -2.04. The maximum absolute atomic E-state index is 11.5. The van der Waals surface area contributed by atoms with Crippen molar-refractivity contribution in [1.29, 1.82) is 0 Å². The van der Waals surface area contributed by atoms with E-state index in [1.165, 1.54) is 24.8 Å². The molecule has 0 spiro atoms. The Kier molecular flexibility index (Phi) is 5.82. The smallest absolute Gasteiger partial charge is 0.339 e. The number of aryl methyl sites for hydroxylation is 1. The summed E-state index contributed by atoms with van der Waals surface area (Å²) in [5.41, 5.74) is 3.25. The molecule has 0 aliphatic heterocycles. The van der Waals surface area contributed by atoms with E-state index in [1.807, 2.05) is 13.0 Å². The van der Waals surface area contributed by atoms with Crippen LogP contribution in [-0.4, -0.2) is 34.5 Å². The molecule has 3 heterocycles. The summed E-state index contributed by atoms with van der Waals surface area (Å²) < 4.78 is 14.2. The number of hydrogen-bond donors (Lipinski definition) is 2. The highest BCUT2D eigenvalue weighted by molar-refractivity contribution is 7.10. The lowest BCUT2D eigenvalue weighted by atomic mass is 10.2. The summed E-state index contributed by atoms with van der Waals surface area (Å²) in [6, 6.07) is 7.09. The van der Waals surface area contributed by atoms with Gasteiger partial charge in [-0.2, -0.15) is 4.37 Å². The Labute approximate surface area is 160 Å². The van der Waals surface area contributed by atoms with E-state index in [-0.39, 0.29) is 0 Å². The zero-order valence-corrected chi connectivity index (χ0v) is 16.0. The third kappa shape index (κ3) is 4.50. The second kappa shape index (κ2) is 8.45. The van der Waals surface area contributed by atoms with Gasteiger partial charge < -0.3 is 20.1 Å². The fraction of sp³-hybridized carbons (Fsp3) is 0.222.